The van der Waals surface area contributed by atoms with E-state index < -0.39 is 33.2 Å². The third-order valence-electron chi connectivity index (χ3n) is 7.86. The largest absolute Gasteiger partial charge is 0.448 e. The van der Waals surface area contributed by atoms with E-state index in [1.807, 2.05) is 25.1 Å². The van der Waals surface area contributed by atoms with Crippen molar-refractivity contribution in [3.63, 3.8) is 0 Å². The molecule has 3 heterocycles. The maximum Gasteiger partial charge on any atom is 0.409 e. The van der Waals surface area contributed by atoms with E-state index in [0.717, 1.165) is 36.1 Å². The van der Waals surface area contributed by atoms with E-state index in [2.05, 4.69) is 11.4 Å². The molecule has 2 fully saturated rings. The van der Waals surface area contributed by atoms with Gasteiger partial charge in [-0.05, 0) is 74.4 Å². The van der Waals surface area contributed by atoms with Gasteiger partial charge in [-0.1, -0.05) is 12.1 Å². The molecule has 0 saturated carbocycles. The highest BCUT2D eigenvalue weighted by Gasteiger charge is 2.47. The van der Waals surface area contributed by atoms with Crippen molar-refractivity contribution in [2.75, 3.05) is 45.1 Å². The fourth-order valence-corrected chi connectivity index (χ4v) is 7.49. The van der Waals surface area contributed by atoms with Crippen molar-refractivity contribution in [2.24, 2.45) is 5.41 Å². The van der Waals surface area contributed by atoms with E-state index in [0.29, 0.717) is 12.0 Å². The molecule has 0 bridgehead atoms. The topological polar surface area (TPSA) is 152 Å². The summed E-state index contributed by atoms with van der Waals surface area (Å²) >= 11 is 0. The third-order valence-corrected chi connectivity index (χ3v) is 9.89. The lowest BCUT2D eigenvalue weighted by atomic mass is 9.79. The Bertz CT molecular complexity index is 1230. The number of hydroxylamine groups is 1. The number of amides is 2. The van der Waals surface area contributed by atoms with E-state index in [4.69, 9.17) is 10.00 Å². The molecule has 1 aromatic carbocycles. The summed E-state index contributed by atoms with van der Waals surface area (Å²) < 4.78 is 33.6. The second-order valence-corrected chi connectivity index (χ2v) is 12.3. The smallest absolute Gasteiger partial charge is 0.409 e. The van der Waals surface area contributed by atoms with E-state index in [-0.39, 0.29) is 51.7 Å². The van der Waals surface area contributed by atoms with Crippen molar-refractivity contribution in [2.45, 2.75) is 45.1 Å². The molecular formula is C26H35N5O6S. The molecule has 3 N–H and O–H groups in total. The van der Waals surface area contributed by atoms with Gasteiger partial charge in [0.25, 0.3) is 5.91 Å². The number of carbonyl (C=O) groups excluding carboxylic acids is 2. The third kappa shape index (κ3) is 6.18. The number of nitriles is 1. The Morgan fingerprint density at radius 1 is 1.29 bits per heavy atom. The van der Waals surface area contributed by atoms with Gasteiger partial charge in [0.15, 0.2) is 0 Å². The van der Waals surface area contributed by atoms with Crippen LogP contribution in [0.15, 0.2) is 24.3 Å². The van der Waals surface area contributed by atoms with Gasteiger partial charge >= 0.3 is 6.09 Å². The van der Waals surface area contributed by atoms with Crippen molar-refractivity contribution in [3.05, 3.63) is 41.0 Å². The SMILES string of the molecule is Cc1cc(C#N)ccc1C1=CCN(S(=O)(=O)CC2(C(=O)NO)CCN(C(=O)OC[C@@H]3CCCN3)CC2)CC1. The second-order valence-electron chi connectivity index (χ2n) is 10.3. The van der Waals surface area contributed by atoms with Crippen LogP contribution in [0.4, 0.5) is 4.79 Å². The molecule has 2 amide bonds. The zero-order chi connectivity index (χ0) is 27.3. The maximum absolute atomic E-state index is 13.4. The van der Waals surface area contributed by atoms with Gasteiger partial charge in [-0.3, -0.25) is 10.0 Å². The zero-order valence-corrected chi connectivity index (χ0v) is 22.4. The Balaban J connectivity index is 1.39. The average Bonchev–Trinajstić information content (AvgIpc) is 3.45. The average molecular weight is 546 g/mol. The fraction of sp³-hybridized carbons (Fsp3) is 0.577. The highest BCUT2D eigenvalue weighted by atomic mass is 32.2. The molecule has 11 nitrogen and oxygen atoms in total. The Hall–Kier alpha value is -2.98. The van der Waals surface area contributed by atoms with Crippen molar-refractivity contribution in [3.8, 4) is 6.07 Å². The number of benzene rings is 1. The minimum absolute atomic E-state index is 0.0920. The van der Waals surface area contributed by atoms with Gasteiger partial charge in [-0.25, -0.2) is 18.7 Å². The predicted molar refractivity (Wildman–Crippen MR) is 139 cm³/mol. The first-order valence-electron chi connectivity index (χ1n) is 12.9. The number of aryl methyl sites for hydroxylation is 1. The first-order chi connectivity index (χ1) is 18.2. The number of hydrogen-bond acceptors (Lipinski definition) is 8. The highest BCUT2D eigenvalue weighted by Crippen LogP contribution is 2.36. The lowest BCUT2D eigenvalue weighted by molar-refractivity contribution is -0.141. The number of carbonyl (C=O) groups is 2. The number of nitrogens with zero attached hydrogens (tertiary/aromatic N) is 3. The molecule has 0 aliphatic carbocycles. The van der Waals surface area contributed by atoms with Crippen LogP contribution in [0.25, 0.3) is 5.57 Å². The number of sulfonamides is 1. The Labute approximate surface area is 223 Å². The summed E-state index contributed by atoms with van der Waals surface area (Å²) in [5, 5.41) is 21.8. The molecule has 1 aromatic rings. The molecule has 12 heteroatoms. The monoisotopic (exact) mass is 545 g/mol. The van der Waals surface area contributed by atoms with Gasteiger partial charge in [0.1, 0.15) is 6.61 Å². The van der Waals surface area contributed by atoms with E-state index in [1.165, 1.54) is 9.21 Å². The van der Waals surface area contributed by atoms with Gasteiger partial charge in [0, 0.05) is 32.2 Å². The van der Waals surface area contributed by atoms with Crippen LogP contribution in [-0.4, -0.2) is 86.0 Å². The van der Waals surface area contributed by atoms with E-state index in [9.17, 15) is 23.2 Å². The maximum atomic E-state index is 13.4. The Morgan fingerprint density at radius 2 is 2.05 bits per heavy atom. The van der Waals surface area contributed by atoms with Gasteiger partial charge in [0.05, 0.1) is 22.8 Å². The lowest BCUT2D eigenvalue weighted by Crippen LogP contribution is -2.54. The van der Waals surface area contributed by atoms with Gasteiger partial charge in [-0.2, -0.15) is 9.57 Å². The summed E-state index contributed by atoms with van der Waals surface area (Å²) in [6.45, 7) is 3.84. The molecule has 0 aromatic heterocycles. The molecule has 2 saturated heterocycles. The fourth-order valence-electron chi connectivity index (χ4n) is 5.52. The molecule has 1 atom stereocenters. The van der Waals surface area contributed by atoms with E-state index in [1.54, 1.807) is 11.5 Å². The summed E-state index contributed by atoms with van der Waals surface area (Å²) in [5.74, 6) is -1.22. The van der Waals surface area contributed by atoms with Crippen LogP contribution in [0.2, 0.25) is 0 Å². The molecule has 3 aliphatic rings. The van der Waals surface area contributed by atoms with Crippen molar-refractivity contribution in [1.82, 2.24) is 20.0 Å². The Morgan fingerprint density at radius 3 is 2.63 bits per heavy atom. The number of hydrogen-bond donors (Lipinski definition) is 3. The second kappa shape index (κ2) is 11.8. The summed E-state index contributed by atoms with van der Waals surface area (Å²) in [4.78, 5) is 26.7. The number of nitrogens with one attached hydrogen (secondary N) is 2. The number of ether oxygens (including phenoxy) is 1. The van der Waals surface area contributed by atoms with Crippen LogP contribution in [0.3, 0.4) is 0 Å². The molecule has 206 valence electrons. The van der Waals surface area contributed by atoms with E-state index >= 15 is 0 Å². The summed E-state index contributed by atoms with van der Waals surface area (Å²) in [5.41, 5.74) is 3.82. The van der Waals surface area contributed by atoms with Crippen LogP contribution in [0.5, 0.6) is 0 Å². The minimum Gasteiger partial charge on any atom is -0.448 e. The Kier molecular flexibility index (Phi) is 8.72. The van der Waals surface area contributed by atoms with Crippen LogP contribution in [0.1, 0.15) is 48.8 Å². The molecule has 4 rings (SSSR count). The first-order valence-corrected chi connectivity index (χ1v) is 14.6. The molecule has 0 spiro atoms. The summed E-state index contributed by atoms with van der Waals surface area (Å²) in [6.07, 6.45) is 4.07. The number of piperidine rings is 1. The normalized spacial score (nSPS) is 21.9. The standard InChI is InChI=1S/C26H35N5O6S/c1-19-15-20(16-27)4-5-23(19)21-6-11-31(12-7-21)38(35,36)18-26(24(32)29-34)8-13-30(14-9-26)25(33)37-17-22-3-2-10-28-22/h4-6,15,22,28,34H,2-3,7-14,17-18H2,1H3,(H,29,32)/t22-/m0/s1. The molecule has 0 radical (unpaired) electrons. The van der Waals surface area contributed by atoms with Crippen molar-refractivity contribution in [1.29, 1.82) is 5.26 Å². The quantitative estimate of drug-likeness (QED) is 0.346. The lowest BCUT2D eigenvalue weighted by Gasteiger charge is -2.40. The van der Waals surface area contributed by atoms with Crippen molar-refractivity contribution >= 4 is 27.6 Å². The van der Waals surface area contributed by atoms with Gasteiger partial charge in [0.2, 0.25) is 10.0 Å². The van der Waals surface area contributed by atoms with Crippen LogP contribution >= 0.6 is 0 Å². The van der Waals surface area contributed by atoms with Crippen molar-refractivity contribution < 1.29 is 28.0 Å². The van der Waals surface area contributed by atoms with Gasteiger partial charge in [-0.15, -0.1) is 0 Å². The van der Waals surface area contributed by atoms with Gasteiger partial charge < -0.3 is 15.0 Å². The molecular weight excluding hydrogens is 510 g/mol. The van der Waals surface area contributed by atoms with Crippen LogP contribution in [0, 0.1) is 23.7 Å². The molecule has 3 aliphatic heterocycles. The molecule has 38 heavy (non-hydrogen) atoms. The molecule has 0 unspecified atom stereocenters. The first kappa shape index (κ1) is 28.0. The summed E-state index contributed by atoms with van der Waals surface area (Å²) in [7, 11) is -3.85. The predicted octanol–water partition coefficient (Wildman–Crippen LogP) is 1.76. The number of rotatable bonds is 7. The van der Waals surface area contributed by atoms with Crippen LogP contribution in [-0.2, 0) is 19.6 Å². The zero-order valence-electron chi connectivity index (χ0n) is 21.6. The number of likely N-dealkylation sites (tertiary alicyclic amines) is 1. The van der Waals surface area contributed by atoms with Crippen LogP contribution < -0.4 is 10.8 Å². The highest BCUT2D eigenvalue weighted by molar-refractivity contribution is 7.89. The summed E-state index contributed by atoms with van der Waals surface area (Å²) in [6, 6.07) is 7.70. The minimum atomic E-state index is -3.85.